The molecular weight excluding hydrogens is 368 g/mol. The molecule has 0 unspecified atom stereocenters. The number of nitrogens with one attached hydrogen (secondary N) is 1. The van der Waals surface area contributed by atoms with Gasteiger partial charge in [-0.2, -0.15) is 0 Å². The molecule has 1 N–H and O–H groups in total. The first-order valence-corrected chi connectivity index (χ1v) is 10.6. The van der Waals surface area contributed by atoms with E-state index in [0.717, 1.165) is 62.8 Å². The first-order valence-electron chi connectivity index (χ1n) is 10.6. The average Bonchev–Trinajstić information content (AvgIpc) is 3.40. The van der Waals surface area contributed by atoms with Gasteiger partial charge in [0.1, 0.15) is 0 Å². The van der Waals surface area contributed by atoms with Crippen molar-refractivity contribution < 1.29 is 14.3 Å². The fraction of sp³-hybridized carbons (Fsp3) is 0.545. The zero-order valence-corrected chi connectivity index (χ0v) is 16.7. The number of hydrogen-bond donors (Lipinski definition) is 1. The summed E-state index contributed by atoms with van der Waals surface area (Å²) in [6, 6.07) is 6.24. The smallest absolute Gasteiger partial charge is 0.231 e. The van der Waals surface area contributed by atoms with Crippen LogP contribution in [0.1, 0.15) is 36.9 Å². The molecule has 1 amide bonds. The Kier molecular flexibility index (Phi) is 4.91. The highest BCUT2D eigenvalue weighted by Crippen LogP contribution is 2.40. The van der Waals surface area contributed by atoms with Crippen LogP contribution in [0, 0.1) is 5.41 Å². The summed E-state index contributed by atoms with van der Waals surface area (Å²) in [5.41, 5.74) is 2.57. The number of imidazole rings is 1. The molecule has 0 saturated carbocycles. The van der Waals surface area contributed by atoms with Gasteiger partial charge in [0.25, 0.3) is 0 Å². The molecule has 29 heavy (non-hydrogen) atoms. The largest absolute Gasteiger partial charge is 0.454 e. The Hall–Kier alpha value is -2.54. The molecule has 154 valence electrons. The lowest BCUT2D eigenvalue weighted by Gasteiger charge is -2.48. The fourth-order valence-electron chi connectivity index (χ4n) is 5.06. The third-order valence-electron chi connectivity index (χ3n) is 6.54. The van der Waals surface area contributed by atoms with Gasteiger partial charge in [0, 0.05) is 56.3 Å². The van der Waals surface area contributed by atoms with Crippen LogP contribution >= 0.6 is 0 Å². The molecule has 1 aromatic heterocycles. The predicted octanol–water partition coefficient (Wildman–Crippen LogP) is 2.59. The lowest BCUT2D eigenvalue weighted by atomic mass is 9.73. The molecular formula is C22H28N4O3. The SMILES string of the molecule is O=C1CC[C@]2(CCCN(Cc3ccc4c(c3)OCO4)C2)CN1CCc1cnc[nH]1. The summed E-state index contributed by atoms with van der Waals surface area (Å²) in [5, 5.41) is 0. The predicted molar refractivity (Wildman–Crippen MR) is 108 cm³/mol. The Bertz CT molecular complexity index is 869. The number of aromatic nitrogens is 2. The summed E-state index contributed by atoms with van der Waals surface area (Å²) in [7, 11) is 0. The number of aromatic amines is 1. The van der Waals surface area contributed by atoms with Crippen LogP contribution in [-0.4, -0.2) is 58.6 Å². The molecule has 2 fully saturated rings. The number of amides is 1. The van der Waals surface area contributed by atoms with E-state index in [1.807, 2.05) is 12.3 Å². The zero-order valence-electron chi connectivity index (χ0n) is 16.7. The summed E-state index contributed by atoms with van der Waals surface area (Å²) >= 11 is 0. The number of likely N-dealkylation sites (tertiary alicyclic amines) is 2. The van der Waals surface area contributed by atoms with E-state index in [2.05, 4.69) is 31.9 Å². The van der Waals surface area contributed by atoms with Crippen molar-refractivity contribution >= 4 is 5.91 Å². The quantitative estimate of drug-likeness (QED) is 0.841. The summed E-state index contributed by atoms with van der Waals surface area (Å²) < 4.78 is 11.0. The maximum Gasteiger partial charge on any atom is 0.231 e. The molecule has 3 aliphatic heterocycles. The third-order valence-corrected chi connectivity index (χ3v) is 6.54. The van der Waals surface area contributed by atoms with E-state index in [1.165, 1.54) is 18.4 Å². The minimum Gasteiger partial charge on any atom is -0.454 e. The van der Waals surface area contributed by atoms with Crippen molar-refractivity contribution in [2.24, 2.45) is 5.41 Å². The number of carbonyl (C=O) groups is 1. The van der Waals surface area contributed by atoms with E-state index in [4.69, 9.17) is 9.47 Å². The molecule has 0 radical (unpaired) electrons. The summed E-state index contributed by atoms with van der Waals surface area (Å²) in [6.07, 6.45) is 8.45. The minimum atomic E-state index is 0.219. The van der Waals surface area contributed by atoms with Crippen molar-refractivity contribution in [1.29, 1.82) is 0 Å². The van der Waals surface area contributed by atoms with Gasteiger partial charge in [-0.05, 0) is 43.5 Å². The molecule has 1 atom stereocenters. The molecule has 7 nitrogen and oxygen atoms in total. The van der Waals surface area contributed by atoms with Gasteiger partial charge in [-0.1, -0.05) is 6.07 Å². The zero-order chi connectivity index (χ0) is 19.7. The van der Waals surface area contributed by atoms with E-state index < -0.39 is 0 Å². The molecule has 4 heterocycles. The lowest BCUT2D eigenvalue weighted by Crippen LogP contribution is -2.54. The minimum absolute atomic E-state index is 0.219. The van der Waals surface area contributed by atoms with Crippen LogP contribution in [0.2, 0.25) is 0 Å². The second kappa shape index (κ2) is 7.71. The first-order chi connectivity index (χ1) is 14.2. The normalized spacial score (nSPS) is 24.4. The Labute approximate surface area is 171 Å². The lowest BCUT2D eigenvalue weighted by molar-refractivity contribution is -0.139. The maximum atomic E-state index is 12.5. The molecule has 2 saturated heterocycles. The van der Waals surface area contributed by atoms with Gasteiger partial charge >= 0.3 is 0 Å². The van der Waals surface area contributed by atoms with Gasteiger partial charge in [0.2, 0.25) is 12.7 Å². The Morgan fingerprint density at radius 3 is 3.00 bits per heavy atom. The second-order valence-electron chi connectivity index (χ2n) is 8.64. The van der Waals surface area contributed by atoms with Crippen LogP contribution in [0.5, 0.6) is 11.5 Å². The van der Waals surface area contributed by atoms with Crippen LogP contribution in [0.15, 0.2) is 30.7 Å². The maximum absolute atomic E-state index is 12.5. The van der Waals surface area contributed by atoms with Crippen molar-refractivity contribution in [1.82, 2.24) is 19.8 Å². The summed E-state index contributed by atoms with van der Waals surface area (Å²) in [6.45, 7) is 5.03. The molecule has 0 aliphatic carbocycles. The first kappa shape index (κ1) is 18.5. The molecule has 7 heteroatoms. The number of piperidine rings is 2. The monoisotopic (exact) mass is 396 g/mol. The van der Waals surface area contributed by atoms with Crippen molar-refractivity contribution in [3.05, 3.63) is 42.0 Å². The molecule has 1 aromatic carbocycles. The van der Waals surface area contributed by atoms with Crippen molar-refractivity contribution in [3.8, 4) is 11.5 Å². The van der Waals surface area contributed by atoms with E-state index in [1.54, 1.807) is 6.33 Å². The van der Waals surface area contributed by atoms with Crippen molar-refractivity contribution in [2.75, 3.05) is 33.0 Å². The number of carbonyl (C=O) groups excluding carboxylic acids is 1. The van der Waals surface area contributed by atoms with Crippen molar-refractivity contribution in [2.45, 2.75) is 38.6 Å². The number of rotatable bonds is 5. The Morgan fingerprint density at radius 1 is 1.17 bits per heavy atom. The molecule has 2 aromatic rings. The number of H-pyrrole nitrogens is 1. The molecule has 5 rings (SSSR count). The van der Waals surface area contributed by atoms with Crippen LogP contribution in [0.25, 0.3) is 0 Å². The van der Waals surface area contributed by atoms with Gasteiger partial charge in [-0.15, -0.1) is 0 Å². The average molecular weight is 396 g/mol. The summed E-state index contributed by atoms with van der Waals surface area (Å²) in [5.74, 6) is 1.98. The number of benzene rings is 1. The van der Waals surface area contributed by atoms with Crippen molar-refractivity contribution in [3.63, 3.8) is 0 Å². The van der Waals surface area contributed by atoms with Crippen LogP contribution in [-0.2, 0) is 17.8 Å². The van der Waals surface area contributed by atoms with Gasteiger partial charge in [0.15, 0.2) is 11.5 Å². The molecule has 0 bridgehead atoms. The fourth-order valence-corrected chi connectivity index (χ4v) is 5.06. The van der Waals surface area contributed by atoms with E-state index in [9.17, 15) is 4.79 Å². The summed E-state index contributed by atoms with van der Waals surface area (Å²) in [4.78, 5) is 24.4. The van der Waals surface area contributed by atoms with Crippen LogP contribution < -0.4 is 9.47 Å². The third kappa shape index (κ3) is 3.96. The topological polar surface area (TPSA) is 70.7 Å². The van der Waals surface area contributed by atoms with Gasteiger partial charge < -0.3 is 19.4 Å². The van der Waals surface area contributed by atoms with Crippen LogP contribution in [0.3, 0.4) is 0 Å². The number of ether oxygens (including phenoxy) is 2. The van der Waals surface area contributed by atoms with Gasteiger partial charge in [0.05, 0.1) is 6.33 Å². The standard InChI is InChI=1S/C22H28N4O3/c27-21-4-7-22(14-26(21)9-5-18-11-23-15-24-18)6-1-8-25(13-22)12-17-2-3-19-20(10-17)29-16-28-19/h2-3,10-11,15H,1,4-9,12-14,16H2,(H,23,24)/t22-/m0/s1. The second-order valence-corrected chi connectivity index (χ2v) is 8.64. The highest BCUT2D eigenvalue weighted by Gasteiger charge is 2.41. The highest BCUT2D eigenvalue weighted by molar-refractivity contribution is 5.77. The number of nitrogens with zero attached hydrogens (tertiary/aromatic N) is 3. The highest BCUT2D eigenvalue weighted by atomic mass is 16.7. The van der Waals surface area contributed by atoms with Crippen LogP contribution in [0.4, 0.5) is 0 Å². The Balaban J connectivity index is 1.23. The van der Waals surface area contributed by atoms with E-state index in [0.29, 0.717) is 19.1 Å². The number of hydrogen-bond acceptors (Lipinski definition) is 5. The molecule has 1 spiro atoms. The van der Waals surface area contributed by atoms with Gasteiger partial charge in [-0.3, -0.25) is 9.69 Å². The molecule has 3 aliphatic rings. The van der Waals surface area contributed by atoms with Gasteiger partial charge in [-0.25, -0.2) is 4.98 Å². The van der Waals surface area contributed by atoms with E-state index >= 15 is 0 Å². The number of fused-ring (bicyclic) bond motifs is 1. The Morgan fingerprint density at radius 2 is 2.10 bits per heavy atom. The van der Waals surface area contributed by atoms with E-state index in [-0.39, 0.29) is 5.41 Å².